The average molecular weight is 383 g/mol. The number of nitrogens with zero attached hydrogens (tertiary/aromatic N) is 1. The largest absolute Gasteiger partial charge is 0.494 e. The van der Waals surface area contributed by atoms with Gasteiger partial charge in [0.15, 0.2) is 0 Å². The molecule has 2 amide bonds. The second-order valence-corrected chi connectivity index (χ2v) is 6.76. The summed E-state index contributed by atoms with van der Waals surface area (Å²) in [7, 11) is 3.51. The van der Waals surface area contributed by atoms with Gasteiger partial charge in [-0.2, -0.15) is 0 Å². The van der Waals surface area contributed by atoms with E-state index in [9.17, 15) is 9.59 Å². The number of rotatable bonds is 10. The second-order valence-electron chi connectivity index (χ2n) is 6.76. The third-order valence-corrected chi connectivity index (χ3v) is 4.12. The Morgan fingerprint density at radius 2 is 1.79 bits per heavy atom. The lowest BCUT2D eigenvalue weighted by molar-refractivity contribution is -0.128. The highest BCUT2D eigenvalue weighted by Crippen LogP contribution is 2.17. The van der Waals surface area contributed by atoms with E-state index in [4.69, 9.17) is 4.74 Å². The summed E-state index contributed by atoms with van der Waals surface area (Å²) in [6, 6.07) is 15.1. The molecule has 6 heteroatoms. The first kappa shape index (κ1) is 21.3. The van der Waals surface area contributed by atoms with Crippen molar-refractivity contribution in [3.05, 3.63) is 54.1 Å². The van der Waals surface area contributed by atoms with Crippen molar-refractivity contribution in [1.29, 1.82) is 0 Å². The van der Waals surface area contributed by atoms with Gasteiger partial charge in [0.25, 0.3) is 0 Å². The molecule has 0 aliphatic heterocycles. The van der Waals surface area contributed by atoms with Crippen molar-refractivity contribution >= 4 is 23.2 Å². The number of amides is 2. The third-order valence-electron chi connectivity index (χ3n) is 4.12. The fourth-order valence-electron chi connectivity index (χ4n) is 2.53. The monoisotopic (exact) mass is 383 g/mol. The quantitative estimate of drug-likeness (QED) is 0.658. The van der Waals surface area contributed by atoms with Gasteiger partial charge in [-0.15, -0.1) is 0 Å². The van der Waals surface area contributed by atoms with E-state index in [-0.39, 0.29) is 18.4 Å². The number of carbonyl (C=O) groups is 2. The first-order chi connectivity index (χ1) is 13.5. The van der Waals surface area contributed by atoms with Crippen LogP contribution in [-0.2, 0) is 16.0 Å². The average Bonchev–Trinajstić information content (AvgIpc) is 2.70. The summed E-state index contributed by atoms with van der Waals surface area (Å²) >= 11 is 0. The Balaban J connectivity index is 1.79. The molecule has 6 nitrogen and oxygen atoms in total. The molecule has 0 atom stereocenters. The number of benzene rings is 2. The van der Waals surface area contributed by atoms with Crippen LogP contribution < -0.4 is 15.4 Å². The van der Waals surface area contributed by atoms with Gasteiger partial charge in [-0.05, 0) is 42.7 Å². The number of ether oxygens (including phenoxy) is 1. The van der Waals surface area contributed by atoms with Crippen LogP contribution in [0.1, 0.15) is 25.3 Å². The molecule has 0 aliphatic carbocycles. The minimum atomic E-state index is -0.129. The van der Waals surface area contributed by atoms with Crippen LogP contribution in [0.25, 0.3) is 0 Å². The van der Waals surface area contributed by atoms with Crippen molar-refractivity contribution in [2.24, 2.45) is 0 Å². The maximum atomic E-state index is 12.2. The van der Waals surface area contributed by atoms with Crippen LogP contribution in [0.5, 0.6) is 5.75 Å². The Morgan fingerprint density at radius 3 is 2.46 bits per heavy atom. The van der Waals surface area contributed by atoms with Crippen LogP contribution >= 0.6 is 0 Å². The Kier molecular flexibility index (Phi) is 8.34. The van der Waals surface area contributed by atoms with Gasteiger partial charge in [0.05, 0.1) is 13.2 Å². The summed E-state index contributed by atoms with van der Waals surface area (Å²) in [6.07, 6.45) is 2.11. The molecule has 2 aromatic rings. The Labute approximate surface area is 166 Å². The second kappa shape index (κ2) is 11.0. The molecule has 0 aliphatic rings. The molecule has 28 heavy (non-hydrogen) atoms. The van der Waals surface area contributed by atoms with Crippen molar-refractivity contribution < 1.29 is 14.3 Å². The van der Waals surface area contributed by atoms with Crippen LogP contribution in [0.4, 0.5) is 11.4 Å². The summed E-state index contributed by atoms with van der Waals surface area (Å²) < 4.78 is 5.59. The molecular formula is C22H29N3O3. The van der Waals surface area contributed by atoms with Crippen molar-refractivity contribution in [3.63, 3.8) is 0 Å². The van der Waals surface area contributed by atoms with E-state index < -0.39 is 0 Å². The minimum absolute atomic E-state index is 0.104. The van der Waals surface area contributed by atoms with Gasteiger partial charge < -0.3 is 20.3 Å². The van der Waals surface area contributed by atoms with Gasteiger partial charge in [0.1, 0.15) is 5.75 Å². The van der Waals surface area contributed by atoms with Crippen molar-refractivity contribution in [1.82, 2.24) is 4.90 Å². The molecule has 0 aromatic heterocycles. The normalized spacial score (nSPS) is 10.2. The molecule has 0 radical (unpaired) electrons. The van der Waals surface area contributed by atoms with Gasteiger partial charge in [0, 0.05) is 38.0 Å². The number of nitrogens with one attached hydrogen (secondary N) is 2. The maximum Gasteiger partial charge on any atom is 0.243 e. The summed E-state index contributed by atoms with van der Waals surface area (Å²) in [5.41, 5.74) is 2.63. The Hall–Kier alpha value is -3.02. The predicted octanol–water partition coefficient (Wildman–Crippen LogP) is 3.55. The first-order valence-corrected chi connectivity index (χ1v) is 9.53. The molecule has 0 saturated heterocycles. The molecule has 0 fully saturated rings. The van der Waals surface area contributed by atoms with Crippen molar-refractivity contribution in [2.75, 3.05) is 37.9 Å². The SMILES string of the molecule is CCCOc1cccc(NCC(=O)Nc2ccc(CCC(=O)N(C)C)cc2)c1. The minimum Gasteiger partial charge on any atom is -0.494 e. The molecule has 0 saturated carbocycles. The Bertz CT molecular complexity index is 773. The van der Waals surface area contributed by atoms with E-state index in [1.54, 1.807) is 19.0 Å². The lowest BCUT2D eigenvalue weighted by Gasteiger charge is -2.11. The number of anilines is 2. The fraction of sp³-hybridized carbons (Fsp3) is 0.364. The highest BCUT2D eigenvalue weighted by Gasteiger charge is 2.06. The van der Waals surface area contributed by atoms with Crippen LogP contribution in [-0.4, -0.2) is 44.0 Å². The van der Waals surface area contributed by atoms with E-state index in [0.717, 1.165) is 29.1 Å². The summed E-state index contributed by atoms with van der Waals surface area (Å²) in [5.74, 6) is 0.763. The summed E-state index contributed by atoms with van der Waals surface area (Å²) in [6.45, 7) is 2.89. The number of carbonyl (C=O) groups excluding carboxylic acids is 2. The van der Waals surface area contributed by atoms with E-state index in [2.05, 4.69) is 17.6 Å². The lowest BCUT2D eigenvalue weighted by atomic mass is 10.1. The van der Waals surface area contributed by atoms with E-state index in [1.807, 2.05) is 48.5 Å². The van der Waals surface area contributed by atoms with E-state index >= 15 is 0 Å². The van der Waals surface area contributed by atoms with Crippen LogP contribution in [0.3, 0.4) is 0 Å². The molecular weight excluding hydrogens is 354 g/mol. The van der Waals surface area contributed by atoms with Gasteiger partial charge in [-0.25, -0.2) is 0 Å². The van der Waals surface area contributed by atoms with Crippen LogP contribution in [0.2, 0.25) is 0 Å². The predicted molar refractivity (Wildman–Crippen MR) is 113 cm³/mol. The number of aryl methyl sites for hydroxylation is 1. The summed E-state index contributed by atoms with van der Waals surface area (Å²) in [4.78, 5) is 25.4. The zero-order chi connectivity index (χ0) is 20.4. The fourth-order valence-corrected chi connectivity index (χ4v) is 2.53. The number of hydrogen-bond acceptors (Lipinski definition) is 4. The van der Waals surface area contributed by atoms with Crippen molar-refractivity contribution in [2.45, 2.75) is 26.2 Å². The maximum absolute atomic E-state index is 12.2. The van der Waals surface area contributed by atoms with Gasteiger partial charge in [-0.1, -0.05) is 25.1 Å². The zero-order valence-electron chi connectivity index (χ0n) is 16.8. The van der Waals surface area contributed by atoms with E-state index in [0.29, 0.717) is 19.4 Å². The van der Waals surface area contributed by atoms with E-state index in [1.165, 1.54) is 0 Å². The molecule has 150 valence electrons. The molecule has 0 heterocycles. The molecule has 2 aromatic carbocycles. The molecule has 2 rings (SSSR count). The molecule has 0 spiro atoms. The molecule has 2 N–H and O–H groups in total. The van der Waals surface area contributed by atoms with Crippen molar-refractivity contribution in [3.8, 4) is 5.75 Å². The standard InChI is InChI=1S/C22H29N3O3/c1-4-14-28-20-7-5-6-19(15-20)23-16-21(26)24-18-11-8-17(9-12-18)10-13-22(27)25(2)3/h5-9,11-12,15,23H,4,10,13-14,16H2,1-3H3,(H,24,26). The van der Waals surface area contributed by atoms with Crippen LogP contribution in [0, 0.1) is 0 Å². The highest BCUT2D eigenvalue weighted by atomic mass is 16.5. The smallest absolute Gasteiger partial charge is 0.243 e. The third kappa shape index (κ3) is 7.31. The molecule has 0 bridgehead atoms. The summed E-state index contributed by atoms with van der Waals surface area (Å²) in [5, 5.41) is 5.97. The van der Waals surface area contributed by atoms with Crippen LogP contribution in [0.15, 0.2) is 48.5 Å². The lowest BCUT2D eigenvalue weighted by Crippen LogP contribution is -2.22. The Morgan fingerprint density at radius 1 is 1.04 bits per heavy atom. The molecule has 0 unspecified atom stereocenters. The van der Waals surface area contributed by atoms with Gasteiger partial charge in [-0.3, -0.25) is 9.59 Å². The first-order valence-electron chi connectivity index (χ1n) is 9.53. The van der Waals surface area contributed by atoms with Gasteiger partial charge in [0.2, 0.25) is 11.8 Å². The highest BCUT2D eigenvalue weighted by molar-refractivity contribution is 5.93. The zero-order valence-corrected chi connectivity index (χ0v) is 16.8. The van der Waals surface area contributed by atoms with Gasteiger partial charge >= 0.3 is 0 Å². The number of hydrogen-bond donors (Lipinski definition) is 2. The topological polar surface area (TPSA) is 70.7 Å².